The molecule has 0 radical (unpaired) electrons. The van der Waals surface area contributed by atoms with E-state index in [1.54, 1.807) is 25.1 Å². The van der Waals surface area contributed by atoms with Crippen molar-refractivity contribution in [1.82, 2.24) is 0 Å². The normalized spacial score (nSPS) is 10.6. The maximum atomic E-state index is 12.0. The molecule has 138 valence electrons. The van der Waals surface area contributed by atoms with Crippen molar-refractivity contribution in [2.24, 2.45) is 0 Å². The third-order valence-electron chi connectivity index (χ3n) is 3.72. The molecule has 0 saturated heterocycles. The number of anilines is 1. The Morgan fingerprint density at radius 2 is 2.00 bits per heavy atom. The lowest BCUT2D eigenvalue weighted by atomic mass is 10.2. The van der Waals surface area contributed by atoms with Crippen molar-refractivity contribution in [3.63, 3.8) is 0 Å². The van der Waals surface area contributed by atoms with E-state index in [1.807, 2.05) is 0 Å². The van der Waals surface area contributed by atoms with E-state index in [9.17, 15) is 19.7 Å². The molecule has 1 heterocycles. The van der Waals surface area contributed by atoms with Gasteiger partial charge in [0.25, 0.3) is 11.6 Å². The van der Waals surface area contributed by atoms with Gasteiger partial charge in [-0.25, -0.2) is 4.79 Å². The number of nitrogens with one attached hydrogen (secondary N) is 1. The zero-order valence-corrected chi connectivity index (χ0v) is 14.8. The fourth-order valence-corrected chi connectivity index (χ4v) is 2.54. The summed E-state index contributed by atoms with van der Waals surface area (Å²) in [6.07, 6.45) is 0. The number of esters is 1. The minimum Gasteiger partial charge on any atom is -0.450 e. The molecule has 3 aromatic rings. The summed E-state index contributed by atoms with van der Waals surface area (Å²) in [6, 6.07) is 10.4. The maximum absolute atomic E-state index is 12.0. The number of ether oxygens (including phenoxy) is 1. The van der Waals surface area contributed by atoms with Crippen molar-refractivity contribution in [2.75, 3.05) is 11.9 Å². The zero-order chi connectivity index (χ0) is 19.6. The molecule has 1 aromatic heterocycles. The molecule has 3 rings (SSSR count). The van der Waals surface area contributed by atoms with Crippen LogP contribution >= 0.6 is 11.6 Å². The van der Waals surface area contributed by atoms with E-state index in [-0.39, 0.29) is 17.1 Å². The summed E-state index contributed by atoms with van der Waals surface area (Å²) >= 11 is 5.88. The first-order valence-corrected chi connectivity index (χ1v) is 8.12. The van der Waals surface area contributed by atoms with Crippen LogP contribution < -0.4 is 5.32 Å². The summed E-state index contributed by atoms with van der Waals surface area (Å²) in [5.41, 5.74) is 1.20. The van der Waals surface area contributed by atoms with Gasteiger partial charge in [0.15, 0.2) is 6.61 Å². The molecule has 1 amide bonds. The van der Waals surface area contributed by atoms with Crippen LogP contribution in [0, 0.1) is 17.0 Å². The molecule has 1 N–H and O–H groups in total. The first kappa shape index (κ1) is 18.4. The van der Waals surface area contributed by atoms with Crippen molar-refractivity contribution >= 4 is 45.8 Å². The number of nitro groups is 1. The molecular weight excluding hydrogens is 376 g/mol. The first-order valence-electron chi connectivity index (χ1n) is 7.74. The van der Waals surface area contributed by atoms with Crippen molar-refractivity contribution in [3.05, 3.63) is 68.9 Å². The largest absolute Gasteiger partial charge is 0.450 e. The van der Waals surface area contributed by atoms with Crippen LogP contribution in [0.2, 0.25) is 5.02 Å². The molecule has 0 bridgehead atoms. The van der Waals surface area contributed by atoms with Gasteiger partial charge in [-0.05, 0) is 36.8 Å². The molecule has 8 nitrogen and oxygen atoms in total. The van der Waals surface area contributed by atoms with Crippen molar-refractivity contribution < 1.29 is 23.7 Å². The van der Waals surface area contributed by atoms with E-state index in [0.29, 0.717) is 21.6 Å². The average molecular weight is 389 g/mol. The average Bonchev–Trinajstić information content (AvgIpc) is 3.04. The smallest absolute Gasteiger partial charge is 0.374 e. The molecule has 0 aliphatic carbocycles. The van der Waals surface area contributed by atoms with Gasteiger partial charge >= 0.3 is 5.97 Å². The predicted molar refractivity (Wildman–Crippen MR) is 98.0 cm³/mol. The Kier molecular flexibility index (Phi) is 5.09. The Bertz CT molecular complexity index is 1060. The number of fused-ring (bicyclic) bond motifs is 1. The van der Waals surface area contributed by atoms with Gasteiger partial charge in [0, 0.05) is 22.5 Å². The highest BCUT2D eigenvalue weighted by atomic mass is 35.5. The number of halogens is 1. The number of aryl methyl sites for hydroxylation is 1. The number of hydrogen-bond donors (Lipinski definition) is 1. The summed E-state index contributed by atoms with van der Waals surface area (Å²) in [7, 11) is 0. The quantitative estimate of drug-likeness (QED) is 0.400. The molecule has 0 unspecified atom stereocenters. The second-order valence-electron chi connectivity index (χ2n) is 5.67. The number of furan rings is 1. The second-order valence-corrected chi connectivity index (χ2v) is 6.11. The molecule has 0 saturated carbocycles. The van der Waals surface area contributed by atoms with Gasteiger partial charge in [0.1, 0.15) is 5.58 Å². The number of carbonyl (C=O) groups excluding carboxylic acids is 2. The van der Waals surface area contributed by atoms with Gasteiger partial charge in [-0.15, -0.1) is 0 Å². The molecule has 0 aliphatic rings. The fourth-order valence-electron chi connectivity index (χ4n) is 2.36. The Labute approximate surface area is 157 Å². The first-order chi connectivity index (χ1) is 12.8. The molecule has 27 heavy (non-hydrogen) atoms. The van der Waals surface area contributed by atoms with Crippen LogP contribution in [0.25, 0.3) is 11.0 Å². The maximum Gasteiger partial charge on any atom is 0.374 e. The SMILES string of the molecule is Cc1ccc([N+](=O)[O-])cc1NC(=O)COC(=O)c1cc2cc(Cl)ccc2o1. The van der Waals surface area contributed by atoms with Gasteiger partial charge in [0.05, 0.1) is 10.6 Å². The number of non-ortho nitro benzene ring substituents is 1. The summed E-state index contributed by atoms with van der Waals surface area (Å²) in [6.45, 7) is 1.11. The van der Waals surface area contributed by atoms with Crippen LogP contribution in [0.1, 0.15) is 16.1 Å². The second kappa shape index (κ2) is 7.46. The van der Waals surface area contributed by atoms with Gasteiger partial charge in [0.2, 0.25) is 5.76 Å². The zero-order valence-electron chi connectivity index (χ0n) is 14.0. The van der Waals surface area contributed by atoms with E-state index in [2.05, 4.69) is 5.32 Å². The van der Waals surface area contributed by atoms with Crippen LogP contribution in [0.4, 0.5) is 11.4 Å². The van der Waals surface area contributed by atoms with Crippen LogP contribution in [0.5, 0.6) is 0 Å². The Hall–Kier alpha value is -3.39. The summed E-state index contributed by atoms with van der Waals surface area (Å²) in [4.78, 5) is 34.3. The van der Waals surface area contributed by atoms with Crippen LogP contribution in [0.15, 0.2) is 46.9 Å². The number of rotatable bonds is 5. The fraction of sp³-hybridized carbons (Fsp3) is 0.111. The molecule has 0 fully saturated rings. The van der Waals surface area contributed by atoms with Gasteiger partial charge in [-0.1, -0.05) is 17.7 Å². The van der Waals surface area contributed by atoms with Gasteiger partial charge in [-0.2, -0.15) is 0 Å². The summed E-state index contributed by atoms with van der Waals surface area (Å²) in [5, 5.41) is 14.4. The molecule has 0 spiro atoms. The Balaban J connectivity index is 1.64. The third-order valence-corrected chi connectivity index (χ3v) is 3.96. The monoisotopic (exact) mass is 388 g/mol. The Morgan fingerprint density at radius 1 is 1.22 bits per heavy atom. The Morgan fingerprint density at radius 3 is 2.74 bits per heavy atom. The highest BCUT2D eigenvalue weighted by molar-refractivity contribution is 6.31. The summed E-state index contributed by atoms with van der Waals surface area (Å²) in [5.74, 6) is -1.51. The van der Waals surface area contributed by atoms with E-state index >= 15 is 0 Å². The number of nitro benzene ring substituents is 1. The van der Waals surface area contributed by atoms with Crippen LogP contribution in [-0.4, -0.2) is 23.4 Å². The third kappa shape index (κ3) is 4.24. The molecule has 2 aromatic carbocycles. The molecule has 9 heteroatoms. The highest BCUT2D eigenvalue weighted by Gasteiger charge is 2.17. The molecular formula is C18H13ClN2O6. The predicted octanol–water partition coefficient (Wildman–Crippen LogP) is 4.10. The van der Waals surface area contributed by atoms with E-state index < -0.39 is 23.4 Å². The lowest BCUT2D eigenvalue weighted by Crippen LogP contribution is -2.21. The summed E-state index contributed by atoms with van der Waals surface area (Å²) < 4.78 is 10.3. The van der Waals surface area contributed by atoms with Crippen molar-refractivity contribution in [3.8, 4) is 0 Å². The van der Waals surface area contributed by atoms with Gasteiger partial charge in [-0.3, -0.25) is 14.9 Å². The van der Waals surface area contributed by atoms with Gasteiger partial charge < -0.3 is 14.5 Å². The van der Waals surface area contributed by atoms with E-state index in [1.165, 1.54) is 24.3 Å². The standard InChI is InChI=1S/C18H13ClN2O6/c1-10-2-4-13(21(24)25)8-14(10)20-17(22)9-26-18(23)16-7-11-6-12(19)3-5-15(11)27-16/h2-8H,9H2,1H3,(H,20,22). The lowest BCUT2D eigenvalue weighted by molar-refractivity contribution is -0.384. The van der Waals surface area contributed by atoms with E-state index in [0.717, 1.165) is 0 Å². The lowest BCUT2D eigenvalue weighted by Gasteiger charge is -2.08. The molecule has 0 atom stereocenters. The number of amides is 1. The minimum atomic E-state index is -0.812. The number of hydrogen-bond acceptors (Lipinski definition) is 6. The number of benzene rings is 2. The van der Waals surface area contributed by atoms with E-state index in [4.69, 9.17) is 20.8 Å². The van der Waals surface area contributed by atoms with Crippen LogP contribution in [0.3, 0.4) is 0 Å². The number of carbonyl (C=O) groups is 2. The highest BCUT2D eigenvalue weighted by Crippen LogP contribution is 2.24. The number of nitrogens with zero attached hydrogens (tertiary/aromatic N) is 1. The van der Waals surface area contributed by atoms with Crippen molar-refractivity contribution in [1.29, 1.82) is 0 Å². The molecule has 0 aliphatic heterocycles. The topological polar surface area (TPSA) is 112 Å². The minimum absolute atomic E-state index is 0.0633. The van der Waals surface area contributed by atoms with Crippen molar-refractivity contribution in [2.45, 2.75) is 6.92 Å². The van der Waals surface area contributed by atoms with Crippen LogP contribution in [-0.2, 0) is 9.53 Å².